The normalized spacial score (nSPS) is 11.8. The largest absolute Gasteiger partial charge is 0.396 e. The minimum atomic E-state index is -4.04. The number of hydrogen-bond donors (Lipinski definition) is 3. The maximum atomic E-state index is 9.98. The zero-order valence-corrected chi connectivity index (χ0v) is 6.26. The molecule has 0 aliphatic heterocycles. The van der Waals surface area contributed by atoms with Crippen LogP contribution in [0.4, 0.5) is 0 Å². The molecule has 0 aliphatic rings. The molecule has 10 heavy (non-hydrogen) atoms. The number of hydrogen-bond acceptors (Lipinski definition) is 3. The molecule has 0 rings (SSSR count). The van der Waals surface area contributed by atoms with Crippen LogP contribution in [0.25, 0.3) is 0 Å². The summed E-state index contributed by atoms with van der Waals surface area (Å²) < 4.78 is 29.9. The quantitative estimate of drug-likeness (QED) is 0.369. The van der Waals surface area contributed by atoms with E-state index >= 15 is 0 Å². The SMILES string of the molecule is O=S(=O)(O)NCCCCO. The van der Waals surface area contributed by atoms with E-state index in [4.69, 9.17) is 9.66 Å². The first-order valence-corrected chi connectivity index (χ1v) is 4.33. The van der Waals surface area contributed by atoms with Crippen LogP contribution in [0.5, 0.6) is 0 Å². The van der Waals surface area contributed by atoms with Crippen LogP contribution in [0.15, 0.2) is 0 Å². The molecule has 0 heterocycles. The summed E-state index contributed by atoms with van der Waals surface area (Å²) in [5.41, 5.74) is 0. The van der Waals surface area contributed by atoms with Gasteiger partial charge in [0, 0.05) is 13.2 Å². The van der Waals surface area contributed by atoms with Gasteiger partial charge in [-0.15, -0.1) is 0 Å². The lowest BCUT2D eigenvalue weighted by Crippen LogP contribution is -2.23. The summed E-state index contributed by atoms with van der Waals surface area (Å²) in [5, 5.41) is 8.26. The van der Waals surface area contributed by atoms with E-state index < -0.39 is 10.3 Å². The summed E-state index contributed by atoms with van der Waals surface area (Å²) in [7, 11) is -4.04. The molecule has 0 atom stereocenters. The number of aliphatic hydroxyl groups is 1. The van der Waals surface area contributed by atoms with Crippen molar-refractivity contribution in [2.45, 2.75) is 12.8 Å². The van der Waals surface area contributed by atoms with Crippen molar-refractivity contribution in [3.05, 3.63) is 0 Å². The highest BCUT2D eigenvalue weighted by molar-refractivity contribution is 7.83. The predicted octanol–water partition coefficient (Wildman–Crippen LogP) is -0.849. The Morgan fingerprint density at radius 3 is 2.30 bits per heavy atom. The summed E-state index contributed by atoms with van der Waals surface area (Å²) in [6.45, 7) is 0.201. The van der Waals surface area contributed by atoms with Gasteiger partial charge in [-0.3, -0.25) is 4.55 Å². The van der Waals surface area contributed by atoms with Crippen molar-refractivity contribution >= 4 is 10.3 Å². The zero-order chi connectivity index (χ0) is 8.04. The van der Waals surface area contributed by atoms with E-state index in [1.54, 1.807) is 0 Å². The van der Waals surface area contributed by atoms with Crippen LogP contribution in [0.2, 0.25) is 0 Å². The Morgan fingerprint density at radius 2 is 1.90 bits per heavy atom. The molecule has 0 radical (unpaired) electrons. The molecule has 0 fully saturated rings. The van der Waals surface area contributed by atoms with E-state index in [0.29, 0.717) is 12.8 Å². The number of aliphatic hydroxyl groups excluding tert-OH is 1. The number of unbranched alkanes of at least 4 members (excludes halogenated alkanes) is 1. The predicted molar refractivity (Wildman–Crippen MR) is 35.9 cm³/mol. The summed E-state index contributed by atoms with van der Waals surface area (Å²) in [6, 6.07) is 0. The van der Waals surface area contributed by atoms with Gasteiger partial charge in [0.05, 0.1) is 0 Å². The Hall–Kier alpha value is -0.170. The molecular weight excluding hydrogens is 158 g/mol. The van der Waals surface area contributed by atoms with E-state index in [0.717, 1.165) is 0 Å². The molecule has 3 N–H and O–H groups in total. The zero-order valence-electron chi connectivity index (χ0n) is 5.45. The number of rotatable bonds is 5. The third-order valence-corrected chi connectivity index (χ3v) is 1.44. The fourth-order valence-electron chi connectivity index (χ4n) is 0.438. The first-order chi connectivity index (χ1) is 4.56. The molecule has 62 valence electrons. The first kappa shape index (κ1) is 9.83. The second-order valence-electron chi connectivity index (χ2n) is 1.80. The minimum absolute atomic E-state index is 0.0349. The Balaban J connectivity index is 3.21. The highest BCUT2D eigenvalue weighted by Crippen LogP contribution is 1.84. The highest BCUT2D eigenvalue weighted by Gasteiger charge is 1.99. The molecule has 5 nitrogen and oxygen atoms in total. The van der Waals surface area contributed by atoms with E-state index in [9.17, 15) is 8.42 Å². The lowest BCUT2D eigenvalue weighted by atomic mass is 10.3. The fraction of sp³-hybridized carbons (Fsp3) is 1.00. The van der Waals surface area contributed by atoms with Gasteiger partial charge in [-0.1, -0.05) is 0 Å². The van der Waals surface area contributed by atoms with E-state index in [1.807, 2.05) is 4.72 Å². The smallest absolute Gasteiger partial charge is 0.333 e. The third kappa shape index (κ3) is 7.83. The Morgan fingerprint density at radius 1 is 1.30 bits per heavy atom. The topological polar surface area (TPSA) is 86.6 Å². The van der Waals surface area contributed by atoms with E-state index in [1.165, 1.54) is 0 Å². The number of nitrogens with one attached hydrogen (secondary N) is 1. The first-order valence-electron chi connectivity index (χ1n) is 2.89. The van der Waals surface area contributed by atoms with Crippen LogP contribution >= 0.6 is 0 Å². The van der Waals surface area contributed by atoms with Gasteiger partial charge in [0.2, 0.25) is 0 Å². The molecule has 0 aromatic carbocycles. The highest BCUT2D eigenvalue weighted by atomic mass is 32.2. The average molecular weight is 169 g/mol. The van der Waals surface area contributed by atoms with Crippen LogP contribution in [-0.2, 0) is 10.3 Å². The van der Waals surface area contributed by atoms with Gasteiger partial charge in [0.15, 0.2) is 0 Å². The van der Waals surface area contributed by atoms with Gasteiger partial charge in [0.25, 0.3) is 0 Å². The van der Waals surface area contributed by atoms with Gasteiger partial charge in [-0.05, 0) is 12.8 Å². The minimum Gasteiger partial charge on any atom is -0.396 e. The summed E-state index contributed by atoms with van der Waals surface area (Å²) in [6.07, 6.45) is 1.05. The van der Waals surface area contributed by atoms with Gasteiger partial charge in [-0.25, -0.2) is 0 Å². The summed E-state index contributed by atoms with van der Waals surface area (Å²) in [5.74, 6) is 0. The van der Waals surface area contributed by atoms with E-state index in [2.05, 4.69) is 0 Å². The van der Waals surface area contributed by atoms with Crippen molar-refractivity contribution in [2.24, 2.45) is 0 Å². The fourth-order valence-corrected chi connectivity index (χ4v) is 0.840. The van der Waals surface area contributed by atoms with E-state index in [-0.39, 0.29) is 13.2 Å². The summed E-state index contributed by atoms with van der Waals surface area (Å²) in [4.78, 5) is 0. The van der Waals surface area contributed by atoms with Gasteiger partial charge in [-0.2, -0.15) is 13.1 Å². The summed E-state index contributed by atoms with van der Waals surface area (Å²) >= 11 is 0. The van der Waals surface area contributed by atoms with Crippen LogP contribution in [-0.4, -0.2) is 31.2 Å². The molecular formula is C4H11NO4S. The molecule has 0 aromatic rings. The van der Waals surface area contributed by atoms with Gasteiger partial charge < -0.3 is 5.11 Å². The van der Waals surface area contributed by atoms with Crippen LogP contribution in [0, 0.1) is 0 Å². The molecule has 0 saturated carbocycles. The van der Waals surface area contributed by atoms with Crippen molar-refractivity contribution < 1.29 is 18.1 Å². The van der Waals surface area contributed by atoms with Crippen molar-refractivity contribution in [1.82, 2.24) is 4.72 Å². The van der Waals surface area contributed by atoms with Gasteiger partial charge in [0.1, 0.15) is 0 Å². The molecule has 6 heteroatoms. The Kier molecular flexibility index (Phi) is 4.54. The van der Waals surface area contributed by atoms with Gasteiger partial charge >= 0.3 is 10.3 Å². The molecule has 0 aliphatic carbocycles. The van der Waals surface area contributed by atoms with Crippen molar-refractivity contribution in [3.63, 3.8) is 0 Å². The van der Waals surface area contributed by atoms with Crippen LogP contribution in [0.1, 0.15) is 12.8 Å². The molecule has 0 spiro atoms. The molecule has 0 aromatic heterocycles. The molecule has 0 saturated heterocycles. The van der Waals surface area contributed by atoms with Crippen LogP contribution < -0.4 is 4.72 Å². The maximum absolute atomic E-state index is 9.98. The second kappa shape index (κ2) is 4.62. The average Bonchev–Trinajstić information content (AvgIpc) is 1.78. The van der Waals surface area contributed by atoms with Crippen molar-refractivity contribution in [1.29, 1.82) is 0 Å². The Bertz CT molecular complexity index is 164. The lowest BCUT2D eigenvalue weighted by molar-refractivity contribution is 0.284. The molecule has 0 bridgehead atoms. The monoisotopic (exact) mass is 169 g/mol. The third-order valence-electron chi connectivity index (χ3n) is 0.869. The second-order valence-corrected chi connectivity index (χ2v) is 3.04. The maximum Gasteiger partial charge on any atom is 0.333 e. The molecule has 0 amide bonds. The lowest BCUT2D eigenvalue weighted by Gasteiger charge is -1.97. The standard InChI is InChI=1S/C4H11NO4S/c6-4-2-1-3-5-10(7,8)9/h5-6H,1-4H2,(H,7,8,9). The van der Waals surface area contributed by atoms with Crippen molar-refractivity contribution in [2.75, 3.05) is 13.2 Å². The Labute approximate surface area is 59.9 Å². The van der Waals surface area contributed by atoms with Crippen LogP contribution in [0.3, 0.4) is 0 Å². The van der Waals surface area contributed by atoms with Crippen molar-refractivity contribution in [3.8, 4) is 0 Å². The molecule has 0 unspecified atom stereocenters.